The molecule has 2 saturated heterocycles. The van der Waals surface area contributed by atoms with Crippen molar-refractivity contribution in [2.75, 3.05) is 43.5 Å². The van der Waals surface area contributed by atoms with Gasteiger partial charge in [0.05, 0.1) is 38.9 Å². The van der Waals surface area contributed by atoms with Crippen LogP contribution in [-0.4, -0.2) is 66.3 Å². The number of hydrogen-bond donors (Lipinski definition) is 1. The van der Waals surface area contributed by atoms with Crippen molar-refractivity contribution in [3.8, 4) is 0 Å². The van der Waals surface area contributed by atoms with E-state index >= 15 is 4.39 Å². The van der Waals surface area contributed by atoms with Gasteiger partial charge in [0.25, 0.3) is 0 Å². The van der Waals surface area contributed by atoms with Gasteiger partial charge in [0.2, 0.25) is 0 Å². The predicted octanol–water partition coefficient (Wildman–Crippen LogP) is 5.16. The lowest BCUT2D eigenvalue weighted by molar-refractivity contribution is 0.0589. The number of ether oxygens (including phenoxy) is 1. The molecule has 7 nitrogen and oxygen atoms in total. The zero-order valence-corrected chi connectivity index (χ0v) is 20.6. The molecule has 0 aliphatic carbocycles. The Bertz CT molecular complexity index is 1300. The van der Waals surface area contributed by atoms with Crippen LogP contribution in [0.25, 0.3) is 21.9 Å². The summed E-state index contributed by atoms with van der Waals surface area (Å²) in [6, 6.07) is 1.23. The number of halogens is 3. The summed E-state index contributed by atoms with van der Waals surface area (Å²) < 4.78 is 35.7. The molecule has 1 amide bonds. The van der Waals surface area contributed by atoms with Crippen LogP contribution in [0.5, 0.6) is 0 Å². The minimum absolute atomic E-state index is 0.0280. The summed E-state index contributed by atoms with van der Waals surface area (Å²) in [5.41, 5.74) is 0.705. The summed E-state index contributed by atoms with van der Waals surface area (Å²) in [7, 11) is 3.55. The number of nitrogens with one attached hydrogen (secondary N) is 1. The summed E-state index contributed by atoms with van der Waals surface area (Å²) in [6.45, 7) is 7.86. The SMILES string of the molecule is CN1CC2CCN(c3c(Cl)cnc4[nH]c5c(N(C)C(=O)OC(C)(C)C)cc(F)c(F)c5c34)C2C1. The van der Waals surface area contributed by atoms with Gasteiger partial charge in [-0.3, -0.25) is 4.90 Å². The highest BCUT2D eigenvalue weighted by Gasteiger charge is 2.42. The standard InChI is InChI=1S/C24H28ClF2N5O2/c1-24(2,3)34-23(33)31(5)15-8-14(26)19(27)17-18-21(13(25)9-28-22(18)29-20(15)17)32-7-6-12-10-30(4)11-16(12)32/h8-9,12,16H,6-7,10-11H2,1-5H3,(H,28,29). The highest BCUT2D eigenvalue weighted by Crippen LogP contribution is 2.45. The normalized spacial score (nSPS) is 21.0. The van der Waals surface area contributed by atoms with Gasteiger partial charge in [0.15, 0.2) is 11.6 Å². The molecule has 2 fully saturated rings. The maximum absolute atomic E-state index is 15.4. The number of benzene rings is 1. The molecule has 4 heterocycles. The van der Waals surface area contributed by atoms with Gasteiger partial charge in [-0.25, -0.2) is 18.6 Å². The lowest BCUT2D eigenvalue weighted by atomic mass is 10.0. The van der Waals surface area contributed by atoms with Gasteiger partial charge in [-0.1, -0.05) is 11.6 Å². The largest absolute Gasteiger partial charge is 0.443 e. The third kappa shape index (κ3) is 3.65. The van der Waals surface area contributed by atoms with Crippen molar-refractivity contribution >= 4 is 51.0 Å². The van der Waals surface area contributed by atoms with Crippen LogP contribution in [0.3, 0.4) is 0 Å². The van der Waals surface area contributed by atoms with Gasteiger partial charge in [-0.15, -0.1) is 0 Å². The van der Waals surface area contributed by atoms with Gasteiger partial charge in [0, 0.05) is 38.8 Å². The molecule has 5 rings (SSSR count). The number of H-pyrrole nitrogens is 1. The first-order valence-electron chi connectivity index (χ1n) is 11.4. The van der Waals surface area contributed by atoms with Crippen molar-refractivity contribution in [1.82, 2.24) is 14.9 Å². The zero-order chi connectivity index (χ0) is 24.5. The number of pyridine rings is 1. The molecule has 0 bridgehead atoms. The van der Waals surface area contributed by atoms with Crippen molar-refractivity contribution in [2.24, 2.45) is 5.92 Å². The molecule has 2 aliphatic rings. The Labute approximate surface area is 201 Å². The van der Waals surface area contributed by atoms with Crippen LogP contribution in [0.15, 0.2) is 12.3 Å². The lowest BCUT2D eigenvalue weighted by Gasteiger charge is -2.28. The quantitative estimate of drug-likeness (QED) is 0.536. The molecule has 0 spiro atoms. The van der Waals surface area contributed by atoms with Gasteiger partial charge < -0.3 is 19.5 Å². The minimum atomic E-state index is -1.07. The third-order valence-electron chi connectivity index (χ3n) is 6.75. The average molecular weight is 492 g/mol. The second kappa shape index (κ2) is 7.95. The number of rotatable bonds is 2. The Morgan fingerprint density at radius 3 is 2.74 bits per heavy atom. The third-order valence-corrected chi connectivity index (χ3v) is 7.02. The fourth-order valence-electron chi connectivity index (χ4n) is 5.33. The van der Waals surface area contributed by atoms with Crippen molar-refractivity contribution in [2.45, 2.75) is 38.8 Å². The summed E-state index contributed by atoms with van der Waals surface area (Å²) in [5, 5.41) is 0.836. The van der Waals surface area contributed by atoms with Crippen LogP contribution in [-0.2, 0) is 4.74 Å². The summed E-state index contributed by atoms with van der Waals surface area (Å²) >= 11 is 6.65. The molecule has 34 heavy (non-hydrogen) atoms. The topological polar surface area (TPSA) is 64.7 Å². The molecule has 2 unspecified atom stereocenters. The molecule has 182 valence electrons. The fourth-order valence-corrected chi connectivity index (χ4v) is 5.58. The van der Waals surface area contributed by atoms with E-state index in [2.05, 4.69) is 26.8 Å². The molecular formula is C24H28ClF2N5O2. The predicted molar refractivity (Wildman–Crippen MR) is 130 cm³/mol. The average Bonchev–Trinajstić information content (AvgIpc) is 3.41. The van der Waals surface area contributed by atoms with Crippen molar-refractivity contribution < 1.29 is 18.3 Å². The Balaban J connectivity index is 1.72. The van der Waals surface area contributed by atoms with E-state index in [0.29, 0.717) is 27.7 Å². The fraction of sp³-hybridized carbons (Fsp3) is 0.500. The van der Waals surface area contributed by atoms with Gasteiger partial charge >= 0.3 is 6.09 Å². The van der Waals surface area contributed by atoms with Crippen LogP contribution >= 0.6 is 11.6 Å². The number of fused-ring (bicyclic) bond motifs is 4. The molecule has 2 aliphatic heterocycles. The molecule has 0 radical (unpaired) electrons. The van der Waals surface area contributed by atoms with Gasteiger partial charge in [-0.05, 0) is 40.2 Å². The molecule has 3 aromatic rings. The van der Waals surface area contributed by atoms with E-state index in [9.17, 15) is 9.18 Å². The first-order chi connectivity index (χ1) is 16.0. The minimum Gasteiger partial charge on any atom is -0.443 e. The molecule has 10 heteroatoms. The number of hydrogen-bond acceptors (Lipinski definition) is 5. The van der Waals surface area contributed by atoms with Crippen molar-refractivity contribution in [3.05, 3.63) is 28.9 Å². The number of amides is 1. The van der Waals surface area contributed by atoms with Crippen molar-refractivity contribution in [3.63, 3.8) is 0 Å². The van der Waals surface area contributed by atoms with E-state index in [1.807, 2.05) is 0 Å². The highest BCUT2D eigenvalue weighted by molar-refractivity contribution is 6.36. The Morgan fingerprint density at radius 1 is 1.29 bits per heavy atom. The number of aromatic amines is 1. The van der Waals surface area contributed by atoms with Crippen LogP contribution in [0.1, 0.15) is 27.2 Å². The molecule has 1 aromatic carbocycles. The van der Waals surface area contributed by atoms with Crippen LogP contribution in [0.4, 0.5) is 25.0 Å². The van der Waals surface area contributed by atoms with Crippen molar-refractivity contribution in [1.29, 1.82) is 0 Å². The highest BCUT2D eigenvalue weighted by atomic mass is 35.5. The van der Waals surface area contributed by atoms with E-state index in [4.69, 9.17) is 16.3 Å². The van der Waals surface area contributed by atoms with Crippen LogP contribution in [0.2, 0.25) is 5.02 Å². The number of likely N-dealkylation sites (N-methyl/N-ethyl adjacent to an activating group) is 1. The number of anilines is 2. The number of aromatic nitrogens is 2. The van der Waals surface area contributed by atoms with Gasteiger partial charge in [-0.2, -0.15) is 0 Å². The first-order valence-corrected chi connectivity index (χ1v) is 11.7. The monoisotopic (exact) mass is 491 g/mol. The molecule has 0 saturated carbocycles. The maximum atomic E-state index is 15.4. The van der Waals surface area contributed by atoms with Crippen LogP contribution in [0, 0.1) is 17.6 Å². The van der Waals surface area contributed by atoms with E-state index in [1.165, 1.54) is 18.1 Å². The van der Waals surface area contributed by atoms with E-state index in [0.717, 1.165) is 32.1 Å². The number of nitrogens with zero attached hydrogens (tertiary/aromatic N) is 4. The number of likely N-dealkylation sites (tertiary alicyclic amines) is 1. The summed E-state index contributed by atoms with van der Waals surface area (Å²) in [4.78, 5) is 25.9. The Kier molecular flexibility index (Phi) is 5.40. The number of carbonyl (C=O) groups is 1. The van der Waals surface area contributed by atoms with E-state index < -0.39 is 23.3 Å². The van der Waals surface area contributed by atoms with E-state index in [1.54, 1.807) is 20.8 Å². The van der Waals surface area contributed by atoms with Gasteiger partial charge in [0.1, 0.15) is 11.2 Å². The van der Waals surface area contributed by atoms with Crippen LogP contribution < -0.4 is 9.80 Å². The molecule has 1 N–H and O–H groups in total. The zero-order valence-electron chi connectivity index (χ0n) is 19.9. The second-order valence-electron chi connectivity index (χ2n) is 10.3. The first kappa shape index (κ1) is 23.1. The number of carbonyl (C=O) groups excluding carboxylic acids is 1. The Morgan fingerprint density at radius 2 is 2.03 bits per heavy atom. The van der Waals surface area contributed by atoms with E-state index in [-0.39, 0.29) is 22.6 Å². The second-order valence-corrected chi connectivity index (χ2v) is 10.7. The lowest BCUT2D eigenvalue weighted by Crippen LogP contribution is -2.34. The Hall–Kier alpha value is -2.65. The summed E-state index contributed by atoms with van der Waals surface area (Å²) in [5.74, 6) is -1.58. The molecular weight excluding hydrogens is 464 g/mol. The maximum Gasteiger partial charge on any atom is 0.414 e. The smallest absolute Gasteiger partial charge is 0.414 e. The molecule has 2 aromatic heterocycles. The summed E-state index contributed by atoms with van der Waals surface area (Å²) in [6.07, 6.45) is 1.86. The molecule has 2 atom stereocenters.